The highest BCUT2D eigenvalue weighted by molar-refractivity contribution is 6.00. The van der Waals surface area contributed by atoms with Crippen LogP contribution in [0.1, 0.15) is 88.1 Å². The molecule has 8 heteroatoms. The van der Waals surface area contributed by atoms with Crippen LogP contribution in [0.4, 0.5) is 0 Å². The number of nitrogens with zero attached hydrogens (tertiary/aromatic N) is 4. The summed E-state index contributed by atoms with van der Waals surface area (Å²) < 4.78 is 7.31. The third-order valence-electron chi connectivity index (χ3n) is 9.66. The van der Waals surface area contributed by atoms with Gasteiger partial charge in [-0.05, 0) is 69.7 Å². The summed E-state index contributed by atoms with van der Waals surface area (Å²) in [5.74, 6) is 1.60. The van der Waals surface area contributed by atoms with Gasteiger partial charge in [0.1, 0.15) is 17.3 Å². The molecule has 1 aliphatic carbocycles. The standard InChI is InChI=1S/C32H47N5O3/c1-5-6-18-36-30(38)29(21-25-10-8-7-9-11-25)33-31(39)32(36)16-19-35(20-17-32)22-28-23(2)34-37(24(28)3)26-12-14-27(40-4)15-13-26/h12-15,25,29H,5-11,16-22H2,1-4H3,(H,33,39)/t29-/m0/s1. The van der Waals surface area contributed by atoms with Gasteiger partial charge in [0.2, 0.25) is 11.8 Å². The number of methoxy groups -OCH3 is 1. The van der Waals surface area contributed by atoms with Crippen LogP contribution in [0, 0.1) is 19.8 Å². The summed E-state index contributed by atoms with van der Waals surface area (Å²) in [6.07, 6.45) is 10.3. The normalized spacial score (nSPS) is 22.1. The van der Waals surface area contributed by atoms with Crippen molar-refractivity contribution in [2.24, 2.45) is 5.92 Å². The molecule has 5 rings (SSSR count). The number of piperazine rings is 1. The Bertz CT molecular complexity index is 1180. The molecule has 0 unspecified atom stereocenters. The van der Waals surface area contributed by atoms with Crippen molar-refractivity contribution in [1.82, 2.24) is 24.9 Å². The highest BCUT2D eigenvalue weighted by Crippen LogP contribution is 2.36. The predicted octanol–water partition coefficient (Wildman–Crippen LogP) is 4.93. The highest BCUT2D eigenvalue weighted by Gasteiger charge is 2.53. The van der Waals surface area contributed by atoms with E-state index in [1.807, 2.05) is 33.8 Å². The topological polar surface area (TPSA) is 79.7 Å². The minimum Gasteiger partial charge on any atom is -0.497 e. The first-order valence-corrected chi connectivity index (χ1v) is 15.4. The van der Waals surface area contributed by atoms with Gasteiger partial charge in [-0.3, -0.25) is 14.5 Å². The van der Waals surface area contributed by atoms with Gasteiger partial charge in [-0.2, -0.15) is 5.10 Å². The Balaban J connectivity index is 1.28. The molecule has 1 atom stereocenters. The molecular weight excluding hydrogens is 502 g/mol. The van der Waals surface area contributed by atoms with Gasteiger partial charge in [0, 0.05) is 37.4 Å². The maximum Gasteiger partial charge on any atom is 0.246 e. The second-order valence-electron chi connectivity index (χ2n) is 12.2. The molecule has 218 valence electrons. The fourth-order valence-electron chi connectivity index (χ4n) is 7.11. The SMILES string of the molecule is CCCCN1C(=O)[C@H](CC2CCCCC2)NC(=O)C12CCN(Cc1c(C)nn(-c3ccc(OC)cc3)c1C)CC2. The maximum absolute atomic E-state index is 13.8. The lowest BCUT2D eigenvalue weighted by atomic mass is 9.79. The predicted molar refractivity (Wildman–Crippen MR) is 157 cm³/mol. The number of hydrogen-bond acceptors (Lipinski definition) is 5. The van der Waals surface area contributed by atoms with E-state index in [9.17, 15) is 9.59 Å². The average Bonchev–Trinajstić information content (AvgIpc) is 3.26. The van der Waals surface area contributed by atoms with Crippen LogP contribution in [0.3, 0.4) is 0 Å². The van der Waals surface area contributed by atoms with Gasteiger partial charge >= 0.3 is 0 Å². The summed E-state index contributed by atoms with van der Waals surface area (Å²) in [5.41, 5.74) is 3.67. The van der Waals surface area contributed by atoms with Gasteiger partial charge < -0.3 is 15.0 Å². The number of carbonyl (C=O) groups is 2. The average molecular weight is 550 g/mol. The lowest BCUT2D eigenvalue weighted by molar-refractivity contribution is -0.162. The molecule has 1 N–H and O–H groups in total. The smallest absolute Gasteiger partial charge is 0.246 e. The molecule has 2 aromatic rings. The van der Waals surface area contributed by atoms with Crippen molar-refractivity contribution in [3.05, 3.63) is 41.2 Å². The molecule has 8 nitrogen and oxygen atoms in total. The molecule has 1 spiro atoms. The van der Waals surface area contributed by atoms with Crippen LogP contribution in [0.2, 0.25) is 0 Å². The van der Waals surface area contributed by atoms with Crippen LogP contribution >= 0.6 is 0 Å². The molecule has 3 fully saturated rings. The summed E-state index contributed by atoms with van der Waals surface area (Å²) in [4.78, 5) is 32.0. The van der Waals surface area contributed by atoms with Crippen molar-refractivity contribution < 1.29 is 14.3 Å². The zero-order chi connectivity index (χ0) is 28.3. The van der Waals surface area contributed by atoms with Gasteiger partial charge in [0.05, 0.1) is 18.5 Å². The molecule has 0 radical (unpaired) electrons. The molecule has 1 aromatic heterocycles. The minimum atomic E-state index is -0.719. The van der Waals surface area contributed by atoms with Gasteiger partial charge in [-0.25, -0.2) is 4.68 Å². The van der Waals surface area contributed by atoms with E-state index in [1.54, 1.807) is 7.11 Å². The molecule has 2 amide bonds. The lowest BCUT2D eigenvalue weighted by Gasteiger charge is -2.52. The monoisotopic (exact) mass is 549 g/mol. The maximum atomic E-state index is 13.8. The van der Waals surface area contributed by atoms with E-state index in [-0.39, 0.29) is 17.9 Å². The Morgan fingerprint density at radius 3 is 2.40 bits per heavy atom. The number of nitrogens with one attached hydrogen (secondary N) is 1. The van der Waals surface area contributed by atoms with Gasteiger partial charge in [-0.15, -0.1) is 0 Å². The largest absolute Gasteiger partial charge is 0.497 e. The molecule has 3 aliphatic rings. The van der Waals surface area contributed by atoms with E-state index in [0.29, 0.717) is 25.3 Å². The molecule has 0 bridgehead atoms. The fraction of sp³-hybridized carbons (Fsp3) is 0.656. The van der Waals surface area contributed by atoms with Crippen molar-refractivity contribution >= 4 is 11.8 Å². The van der Waals surface area contributed by atoms with E-state index < -0.39 is 5.54 Å². The molecule has 2 saturated heterocycles. The molecule has 3 heterocycles. The molecule has 1 aromatic carbocycles. The number of carbonyl (C=O) groups excluding carboxylic acids is 2. The number of rotatable bonds is 9. The number of aryl methyl sites for hydroxylation is 1. The van der Waals surface area contributed by atoms with Crippen molar-refractivity contribution in [1.29, 1.82) is 0 Å². The first-order chi connectivity index (χ1) is 19.4. The summed E-state index contributed by atoms with van der Waals surface area (Å²) >= 11 is 0. The second-order valence-corrected chi connectivity index (χ2v) is 12.2. The zero-order valence-electron chi connectivity index (χ0n) is 24.9. The van der Waals surface area contributed by atoms with Crippen LogP contribution in [0.25, 0.3) is 5.69 Å². The number of unbranched alkanes of at least 4 members (excludes halogenated alkanes) is 1. The van der Waals surface area contributed by atoms with E-state index >= 15 is 0 Å². The second kappa shape index (κ2) is 12.3. The summed E-state index contributed by atoms with van der Waals surface area (Å²) in [6, 6.07) is 7.60. The number of aromatic nitrogens is 2. The minimum absolute atomic E-state index is 0.0725. The zero-order valence-corrected chi connectivity index (χ0v) is 24.9. The fourth-order valence-corrected chi connectivity index (χ4v) is 7.11. The number of ether oxygens (including phenoxy) is 1. The summed E-state index contributed by atoms with van der Waals surface area (Å²) in [5, 5.41) is 8.06. The van der Waals surface area contributed by atoms with E-state index in [2.05, 4.69) is 31.0 Å². The first-order valence-electron chi connectivity index (χ1n) is 15.4. The molecule has 1 saturated carbocycles. The van der Waals surface area contributed by atoms with Crippen LogP contribution < -0.4 is 10.1 Å². The Labute approximate surface area is 239 Å². The lowest BCUT2D eigenvalue weighted by Crippen LogP contribution is -2.73. The quantitative estimate of drug-likeness (QED) is 0.480. The number of hydrogen-bond donors (Lipinski definition) is 1. The third-order valence-corrected chi connectivity index (χ3v) is 9.66. The first kappa shape index (κ1) is 28.7. The Morgan fingerprint density at radius 1 is 1.05 bits per heavy atom. The van der Waals surface area contributed by atoms with Crippen molar-refractivity contribution in [3.8, 4) is 11.4 Å². The summed E-state index contributed by atoms with van der Waals surface area (Å²) in [6.45, 7) is 9.37. The molecule has 2 aliphatic heterocycles. The third kappa shape index (κ3) is 5.65. The van der Waals surface area contributed by atoms with Gasteiger partial charge in [0.15, 0.2) is 0 Å². The Hall–Kier alpha value is -2.87. The van der Waals surface area contributed by atoms with Crippen LogP contribution in [-0.4, -0.2) is 69.7 Å². The van der Waals surface area contributed by atoms with Crippen LogP contribution in [0.5, 0.6) is 5.75 Å². The number of piperidine rings is 1. The van der Waals surface area contributed by atoms with Gasteiger partial charge in [-0.1, -0.05) is 45.4 Å². The molecule has 40 heavy (non-hydrogen) atoms. The van der Waals surface area contributed by atoms with Crippen molar-refractivity contribution in [3.63, 3.8) is 0 Å². The number of likely N-dealkylation sites (tertiary alicyclic amines) is 1. The van der Waals surface area contributed by atoms with Crippen LogP contribution in [0.15, 0.2) is 24.3 Å². The number of amides is 2. The van der Waals surface area contributed by atoms with E-state index in [4.69, 9.17) is 9.84 Å². The van der Waals surface area contributed by atoms with Crippen molar-refractivity contribution in [2.45, 2.75) is 103 Å². The highest BCUT2D eigenvalue weighted by atomic mass is 16.5. The van der Waals surface area contributed by atoms with E-state index in [1.165, 1.54) is 37.7 Å². The molecular formula is C32H47N5O3. The number of benzene rings is 1. The summed E-state index contributed by atoms with van der Waals surface area (Å²) in [7, 11) is 1.67. The van der Waals surface area contributed by atoms with Crippen molar-refractivity contribution in [2.75, 3.05) is 26.7 Å². The van der Waals surface area contributed by atoms with Gasteiger partial charge in [0.25, 0.3) is 0 Å². The Morgan fingerprint density at radius 2 is 1.75 bits per heavy atom. The Kier molecular flexibility index (Phi) is 8.83. The van der Waals surface area contributed by atoms with Crippen LogP contribution in [-0.2, 0) is 16.1 Å². The van der Waals surface area contributed by atoms with E-state index in [0.717, 1.165) is 61.7 Å².